The van der Waals surface area contributed by atoms with E-state index in [9.17, 15) is 9.59 Å². The molecule has 0 N–H and O–H groups in total. The molecule has 0 bridgehead atoms. The number of rotatable bonds is 4. The van der Waals surface area contributed by atoms with Crippen molar-refractivity contribution in [1.29, 1.82) is 0 Å². The monoisotopic (exact) mass is 428 g/mol. The summed E-state index contributed by atoms with van der Waals surface area (Å²) in [6.45, 7) is 2.08. The summed E-state index contributed by atoms with van der Waals surface area (Å²) in [6, 6.07) is 14.9. The molecule has 2 aromatic carbocycles. The first-order valence-corrected chi connectivity index (χ1v) is 9.52. The molecule has 0 spiro atoms. The second kappa shape index (κ2) is 8.86. The average molecular weight is 429 g/mol. The van der Waals surface area contributed by atoms with Crippen molar-refractivity contribution < 1.29 is 14.3 Å². The predicted molar refractivity (Wildman–Crippen MR) is 109 cm³/mol. The summed E-state index contributed by atoms with van der Waals surface area (Å²) in [5.41, 5.74) is 1.56. The van der Waals surface area contributed by atoms with Crippen molar-refractivity contribution >= 4 is 33.8 Å². The molecule has 1 fully saturated rings. The summed E-state index contributed by atoms with van der Waals surface area (Å²) in [5.74, 6) is 0.580. The van der Waals surface area contributed by atoms with Crippen molar-refractivity contribution in [2.45, 2.75) is 0 Å². The van der Waals surface area contributed by atoms with E-state index in [1.165, 1.54) is 0 Å². The zero-order valence-corrected chi connectivity index (χ0v) is 16.7. The zero-order chi connectivity index (χ0) is 19.2. The summed E-state index contributed by atoms with van der Waals surface area (Å²) in [6.07, 6.45) is 3.39. The van der Waals surface area contributed by atoms with E-state index in [0.717, 1.165) is 10.0 Å². The Hall–Kier alpha value is -2.60. The smallest absolute Gasteiger partial charge is 0.254 e. The maximum Gasteiger partial charge on any atom is 0.254 e. The van der Waals surface area contributed by atoms with Crippen LogP contribution in [0.4, 0.5) is 0 Å². The van der Waals surface area contributed by atoms with Gasteiger partial charge in [-0.15, -0.1) is 0 Å². The van der Waals surface area contributed by atoms with E-state index in [2.05, 4.69) is 15.9 Å². The maximum absolute atomic E-state index is 12.6. The minimum absolute atomic E-state index is 0.0373. The van der Waals surface area contributed by atoms with Crippen molar-refractivity contribution in [1.82, 2.24) is 9.80 Å². The first kappa shape index (κ1) is 19.2. The Morgan fingerprint density at radius 1 is 1.00 bits per heavy atom. The number of hydrogen-bond acceptors (Lipinski definition) is 3. The molecule has 5 nitrogen and oxygen atoms in total. The third kappa shape index (κ3) is 4.77. The molecule has 0 unspecified atom stereocenters. The fourth-order valence-corrected chi connectivity index (χ4v) is 3.36. The van der Waals surface area contributed by atoms with E-state index in [1.54, 1.807) is 47.3 Å². The van der Waals surface area contributed by atoms with Gasteiger partial charge in [0.2, 0.25) is 5.91 Å². The predicted octanol–water partition coefficient (Wildman–Crippen LogP) is 3.46. The van der Waals surface area contributed by atoms with Crippen molar-refractivity contribution in [3.8, 4) is 5.75 Å². The SMILES string of the molecule is COc1cccc(C(=O)N2CCN(C(=O)/C=C/c3ccccc3Br)CC2)c1. The number of halogens is 1. The van der Waals surface area contributed by atoms with Crippen LogP contribution in [0.25, 0.3) is 6.08 Å². The third-order valence-electron chi connectivity index (χ3n) is 4.51. The Balaban J connectivity index is 1.57. The van der Waals surface area contributed by atoms with Gasteiger partial charge in [0.05, 0.1) is 7.11 Å². The fraction of sp³-hybridized carbons (Fsp3) is 0.238. The van der Waals surface area contributed by atoms with E-state index in [0.29, 0.717) is 37.5 Å². The lowest BCUT2D eigenvalue weighted by Gasteiger charge is -2.34. The second-order valence-electron chi connectivity index (χ2n) is 6.20. The molecular formula is C21H21BrN2O3. The Morgan fingerprint density at radius 2 is 1.70 bits per heavy atom. The molecule has 140 valence electrons. The molecule has 6 heteroatoms. The highest BCUT2D eigenvalue weighted by molar-refractivity contribution is 9.10. The van der Waals surface area contributed by atoms with Gasteiger partial charge in [-0.2, -0.15) is 0 Å². The van der Waals surface area contributed by atoms with Crippen LogP contribution in [0.15, 0.2) is 59.1 Å². The Morgan fingerprint density at radius 3 is 2.41 bits per heavy atom. The summed E-state index contributed by atoms with van der Waals surface area (Å²) < 4.78 is 6.13. The van der Waals surface area contributed by atoms with Crippen LogP contribution in [-0.4, -0.2) is 54.9 Å². The van der Waals surface area contributed by atoms with Crippen LogP contribution in [0, 0.1) is 0 Å². The minimum Gasteiger partial charge on any atom is -0.497 e. The number of ether oxygens (including phenoxy) is 1. The van der Waals surface area contributed by atoms with Gasteiger partial charge < -0.3 is 14.5 Å². The van der Waals surface area contributed by atoms with Crippen molar-refractivity contribution in [3.63, 3.8) is 0 Å². The normalized spacial score (nSPS) is 14.4. The van der Waals surface area contributed by atoms with Crippen LogP contribution < -0.4 is 4.74 Å². The van der Waals surface area contributed by atoms with Gasteiger partial charge in [0.15, 0.2) is 0 Å². The lowest BCUT2D eigenvalue weighted by Crippen LogP contribution is -2.50. The number of hydrogen-bond donors (Lipinski definition) is 0. The lowest BCUT2D eigenvalue weighted by molar-refractivity contribution is -0.127. The second-order valence-corrected chi connectivity index (χ2v) is 7.06. The maximum atomic E-state index is 12.6. The van der Waals surface area contributed by atoms with Crippen LogP contribution in [0.3, 0.4) is 0 Å². The Kier molecular flexibility index (Phi) is 6.29. The standard InChI is InChI=1S/C21H21BrN2O3/c1-27-18-7-4-6-17(15-18)21(26)24-13-11-23(12-14-24)20(25)10-9-16-5-2-3-8-19(16)22/h2-10,15H,11-14H2,1H3/b10-9+. The van der Waals surface area contributed by atoms with Gasteiger partial charge in [-0.25, -0.2) is 0 Å². The molecule has 0 aromatic heterocycles. The minimum atomic E-state index is -0.0424. The highest BCUT2D eigenvalue weighted by atomic mass is 79.9. The molecule has 0 saturated carbocycles. The molecule has 2 amide bonds. The first-order chi connectivity index (χ1) is 13.1. The Bertz CT molecular complexity index is 858. The van der Waals surface area contributed by atoms with Gasteiger partial charge in [-0.3, -0.25) is 9.59 Å². The fourth-order valence-electron chi connectivity index (χ4n) is 2.95. The van der Waals surface area contributed by atoms with Crippen molar-refractivity contribution in [2.75, 3.05) is 33.3 Å². The third-order valence-corrected chi connectivity index (χ3v) is 5.23. The molecule has 1 saturated heterocycles. The average Bonchev–Trinajstić information content (AvgIpc) is 2.72. The molecule has 3 rings (SSSR count). The van der Waals surface area contributed by atoms with Gasteiger partial charge in [0, 0.05) is 42.3 Å². The van der Waals surface area contributed by atoms with E-state index in [1.807, 2.05) is 30.3 Å². The first-order valence-electron chi connectivity index (χ1n) is 8.73. The number of piperazine rings is 1. The molecule has 27 heavy (non-hydrogen) atoms. The highest BCUT2D eigenvalue weighted by Crippen LogP contribution is 2.18. The molecule has 1 aliphatic rings. The molecule has 1 heterocycles. The van der Waals surface area contributed by atoms with Gasteiger partial charge in [0.25, 0.3) is 5.91 Å². The Labute approximate surface area is 167 Å². The van der Waals surface area contributed by atoms with Crippen LogP contribution in [0.5, 0.6) is 5.75 Å². The lowest BCUT2D eigenvalue weighted by atomic mass is 10.1. The van der Waals surface area contributed by atoms with Crippen molar-refractivity contribution in [2.24, 2.45) is 0 Å². The molecular weight excluding hydrogens is 408 g/mol. The summed E-state index contributed by atoms with van der Waals surface area (Å²) in [7, 11) is 1.58. The topological polar surface area (TPSA) is 49.9 Å². The highest BCUT2D eigenvalue weighted by Gasteiger charge is 2.24. The van der Waals surface area contributed by atoms with Gasteiger partial charge in [0.1, 0.15) is 5.75 Å². The number of carbonyl (C=O) groups is 2. The number of benzene rings is 2. The molecule has 1 aliphatic heterocycles. The summed E-state index contributed by atoms with van der Waals surface area (Å²) >= 11 is 3.47. The van der Waals surface area contributed by atoms with E-state index in [-0.39, 0.29) is 11.8 Å². The van der Waals surface area contributed by atoms with E-state index >= 15 is 0 Å². The largest absolute Gasteiger partial charge is 0.497 e. The molecule has 2 aromatic rings. The van der Waals surface area contributed by atoms with Gasteiger partial charge >= 0.3 is 0 Å². The summed E-state index contributed by atoms with van der Waals surface area (Å²) in [4.78, 5) is 28.6. The molecule has 0 radical (unpaired) electrons. The molecule has 0 aliphatic carbocycles. The number of nitrogens with zero attached hydrogens (tertiary/aromatic N) is 2. The van der Waals surface area contributed by atoms with E-state index in [4.69, 9.17) is 4.74 Å². The van der Waals surface area contributed by atoms with Crippen molar-refractivity contribution in [3.05, 3.63) is 70.2 Å². The van der Waals surface area contributed by atoms with Crippen LogP contribution in [0.1, 0.15) is 15.9 Å². The van der Waals surface area contributed by atoms with E-state index < -0.39 is 0 Å². The number of methoxy groups -OCH3 is 1. The van der Waals surface area contributed by atoms with Crippen LogP contribution >= 0.6 is 15.9 Å². The zero-order valence-electron chi connectivity index (χ0n) is 15.1. The van der Waals surface area contributed by atoms with Crippen LogP contribution in [-0.2, 0) is 4.79 Å². The quantitative estimate of drug-likeness (QED) is 0.700. The summed E-state index contributed by atoms with van der Waals surface area (Å²) in [5, 5.41) is 0. The van der Waals surface area contributed by atoms with Crippen LogP contribution in [0.2, 0.25) is 0 Å². The van der Waals surface area contributed by atoms with Gasteiger partial charge in [-0.05, 0) is 35.9 Å². The number of carbonyl (C=O) groups excluding carboxylic acids is 2. The molecule has 0 atom stereocenters. The number of amides is 2. The van der Waals surface area contributed by atoms with Gasteiger partial charge in [-0.1, -0.05) is 40.2 Å².